The molecule has 0 amide bonds. The Morgan fingerprint density at radius 2 is 1.88 bits per heavy atom. The second-order valence-corrected chi connectivity index (χ2v) is 13.3. The quantitative estimate of drug-likeness (QED) is 0.176. The van der Waals surface area contributed by atoms with Crippen molar-refractivity contribution in [2.24, 2.45) is 30.7 Å². The molecule has 4 fully saturated rings. The van der Waals surface area contributed by atoms with E-state index >= 15 is 4.39 Å². The molecule has 0 radical (unpaired) electrons. The number of aliphatic hydroxyl groups is 1. The summed E-state index contributed by atoms with van der Waals surface area (Å²) in [5.74, 6) is 0.108. The Labute approximate surface area is 247 Å². The molecule has 4 saturated carbocycles. The summed E-state index contributed by atoms with van der Waals surface area (Å²) in [5, 5.41) is 30.6. The van der Waals surface area contributed by atoms with E-state index in [0.717, 1.165) is 30.2 Å². The van der Waals surface area contributed by atoms with Crippen LogP contribution in [-0.4, -0.2) is 45.3 Å². The Morgan fingerprint density at radius 3 is 2.56 bits per heavy atom. The number of allylic oxidation sites excluding steroid dienone is 1. The van der Waals surface area contributed by atoms with E-state index in [1.54, 1.807) is 24.4 Å². The molecule has 41 heavy (non-hydrogen) atoms. The van der Waals surface area contributed by atoms with Gasteiger partial charge in [0, 0.05) is 46.6 Å². The summed E-state index contributed by atoms with van der Waals surface area (Å²) in [6.07, 6.45) is 5.09. The molecule has 7 rings (SSSR count). The number of aromatic nitrogens is 1. The number of rotatable bonds is 9. The number of carboxylic acids is 1. The van der Waals surface area contributed by atoms with Crippen molar-refractivity contribution in [1.82, 2.24) is 4.57 Å². The summed E-state index contributed by atoms with van der Waals surface area (Å²) >= 11 is 12.7. The maximum atomic E-state index is 16.3. The highest BCUT2D eigenvalue weighted by Gasteiger charge is 2.79. The van der Waals surface area contributed by atoms with E-state index in [0.29, 0.717) is 39.9 Å². The monoisotopic (exact) mass is 596 g/mol. The third-order valence-corrected chi connectivity index (χ3v) is 10.7. The van der Waals surface area contributed by atoms with E-state index in [-0.39, 0.29) is 53.4 Å². The number of aromatic carboxylic acids is 1. The van der Waals surface area contributed by atoms with E-state index in [1.807, 2.05) is 23.7 Å². The zero-order valence-corrected chi connectivity index (χ0v) is 24.1. The number of alkyl halides is 1. The van der Waals surface area contributed by atoms with Crippen molar-refractivity contribution in [2.75, 3.05) is 13.2 Å². The molecule has 4 aliphatic rings. The minimum Gasteiger partial charge on any atom is -0.512 e. The van der Waals surface area contributed by atoms with Crippen LogP contribution in [0.5, 0.6) is 0 Å². The second kappa shape index (κ2) is 9.32. The lowest BCUT2D eigenvalue weighted by Gasteiger charge is -2.38. The fourth-order valence-electron chi connectivity index (χ4n) is 8.03. The molecule has 3 aromatic rings. The third-order valence-electron chi connectivity index (χ3n) is 10.1. The summed E-state index contributed by atoms with van der Waals surface area (Å²) in [6.45, 7) is -0.193. The molecule has 0 spiro atoms. The van der Waals surface area contributed by atoms with Gasteiger partial charge in [-0.15, -0.1) is 0 Å². The van der Waals surface area contributed by atoms with Crippen LogP contribution in [0.15, 0.2) is 53.9 Å². The number of hydrogen-bond acceptors (Lipinski definition) is 4. The van der Waals surface area contributed by atoms with Crippen LogP contribution in [0.1, 0.15) is 53.6 Å². The Balaban J connectivity index is 1.07. The highest BCUT2D eigenvalue weighted by atomic mass is 35.5. The lowest BCUT2D eigenvalue weighted by Crippen LogP contribution is -2.39. The normalized spacial score (nSPS) is 30.4. The van der Waals surface area contributed by atoms with Gasteiger partial charge in [0.25, 0.3) is 0 Å². The number of nitrogens with zero attached hydrogens (tertiary/aromatic N) is 1. The molecular formula is C32H31Cl2FN2O4. The number of aryl methyl sites for hydroxylation is 1. The number of benzene rings is 2. The molecule has 0 bridgehead atoms. The Hall–Kier alpha value is -2.87. The van der Waals surface area contributed by atoms with Crippen LogP contribution in [0, 0.1) is 29.1 Å². The zero-order valence-electron chi connectivity index (χ0n) is 22.6. The van der Waals surface area contributed by atoms with Crippen molar-refractivity contribution in [2.45, 2.75) is 43.2 Å². The van der Waals surface area contributed by atoms with Crippen molar-refractivity contribution in [1.29, 1.82) is 5.41 Å². The SMILES string of the molecule is Cn1cc(C(=O)O)c2ccc(C34CC5CC(F)(COC/C(C(=N)c6c(Cl)cccc6Cl)=C(/O)C6CC6)CC3C54)cc21. The Kier molecular flexibility index (Phi) is 6.13. The van der Waals surface area contributed by atoms with E-state index in [1.165, 1.54) is 5.56 Å². The number of aliphatic hydroxyl groups excluding tert-OH is 1. The van der Waals surface area contributed by atoms with Crippen molar-refractivity contribution >= 4 is 45.8 Å². The number of halogens is 3. The fraction of sp³-hybridized carbons (Fsp3) is 0.438. The number of fused-ring (bicyclic) bond motifs is 2. The summed E-state index contributed by atoms with van der Waals surface area (Å²) in [4.78, 5) is 11.6. The minimum atomic E-state index is -1.49. The van der Waals surface area contributed by atoms with Crippen LogP contribution < -0.4 is 0 Å². The van der Waals surface area contributed by atoms with Gasteiger partial charge in [0.1, 0.15) is 11.4 Å². The van der Waals surface area contributed by atoms with Gasteiger partial charge in [0.2, 0.25) is 0 Å². The first kappa shape index (κ1) is 27.0. The van der Waals surface area contributed by atoms with Crippen LogP contribution in [-0.2, 0) is 17.2 Å². The van der Waals surface area contributed by atoms with E-state index in [4.69, 9.17) is 33.3 Å². The molecule has 214 valence electrons. The summed E-state index contributed by atoms with van der Waals surface area (Å²) in [6, 6.07) is 11.0. The van der Waals surface area contributed by atoms with Gasteiger partial charge in [-0.3, -0.25) is 5.41 Å². The number of ether oxygens (including phenoxy) is 1. The first-order valence-corrected chi connectivity index (χ1v) is 14.8. The Bertz CT molecular complexity index is 1640. The molecule has 4 aliphatic carbocycles. The number of carbonyl (C=O) groups is 1. The van der Waals surface area contributed by atoms with Gasteiger partial charge in [-0.2, -0.15) is 0 Å². The van der Waals surface area contributed by atoms with Gasteiger partial charge in [0.05, 0.1) is 34.5 Å². The first-order chi connectivity index (χ1) is 19.5. The molecule has 6 nitrogen and oxygen atoms in total. The third kappa shape index (κ3) is 4.15. The standard InChI is InChI=1S/C32H31Cl2FN2O4/c1-37-13-20(30(39)40)19-8-7-18(9-25(19)37)32-11-17-10-31(35,12-22(32)27(17)32)15-41-14-21(29(38)16-5-6-16)28(36)26-23(33)3-2-4-24(26)34/h2-4,7-9,13,16-17,22,27,36,38H,5-6,10-12,14-15H2,1H3,(H,39,40)/b29-21-,36-28?. The van der Waals surface area contributed by atoms with Gasteiger partial charge in [-0.05, 0) is 73.6 Å². The number of nitrogens with one attached hydrogen (secondary N) is 1. The maximum absolute atomic E-state index is 16.3. The molecule has 2 aromatic carbocycles. The zero-order chi connectivity index (χ0) is 28.8. The second-order valence-electron chi connectivity index (χ2n) is 12.5. The largest absolute Gasteiger partial charge is 0.512 e. The van der Waals surface area contributed by atoms with Gasteiger partial charge in [-0.25, -0.2) is 9.18 Å². The van der Waals surface area contributed by atoms with Crippen LogP contribution >= 0.6 is 23.2 Å². The van der Waals surface area contributed by atoms with Crippen LogP contribution in [0.3, 0.4) is 0 Å². The molecule has 0 aliphatic heterocycles. The van der Waals surface area contributed by atoms with E-state index in [2.05, 4.69) is 6.07 Å². The molecule has 5 unspecified atom stereocenters. The number of hydrogen-bond donors (Lipinski definition) is 3. The maximum Gasteiger partial charge on any atom is 0.337 e. The molecule has 0 saturated heterocycles. The van der Waals surface area contributed by atoms with E-state index in [9.17, 15) is 15.0 Å². The summed E-state index contributed by atoms with van der Waals surface area (Å²) < 4.78 is 24.1. The van der Waals surface area contributed by atoms with Crippen molar-refractivity contribution in [3.63, 3.8) is 0 Å². The lowest BCUT2D eigenvalue weighted by molar-refractivity contribution is -0.0202. The van der Waals surface area contributed by atoms with Gasteiger partial charge in [0.15, 0.2) is 0 Å². The van der Waals surface area contributed by atoms with Gasteiger partial charge >= 0.3 is 5.97 Å². The number of carboxylic acid groups (broad SMARTS) is 1. The highest BCUT2D eigenvalue weighted by molar-refractivity contribution is 6.41. The van der Waals surface area contributed by atoms with Crippen LogP contribution in [0.2, 0.25) is 10.0 Å². The van der Waals surface area contributed by atoms with E-state index < -0.39 is 11.6 Å². The highest BCUT2D eigenvalue weighted by Crippen LogP contribution is 2.81. The van der Waals surface area contributed by atoms with Crippen LogP contribution in [0.4, 0.5) is 4.39 Å². The first-order valence-electron chi connectivity index (χ1n) is 14.1. The topological polar surface area (TPSA) is 95.5 Å². The fourth-order valence-corrected chi connectivity index (χ4v) is 8.62. The molecule has 1 heterocycles. The van der Waals surface area contributed by atoms with Gasteiger partial charge < -0.3 is 19.5 Å². The lowest BCUT2D eigenvalue weighted by atomic mass is 9.68. The molecule has 1 aromatic heterocycles. The predicted octanol–water partition coefficient (Wildman–Crippen LogP) is 7.50. The van der Waals surface area contributed by atoms with Crippen molar-refractivity contribution in [3.8, 4) is 0 Å². The minimum absolute atomic E-state index is 0.00661. The summed E-state index contributed by atoms with van der Waals surface area (Å²) in [7, 11) is 1.85. The molecule has 5 atom stereocenters. The molecular weight excluding hydrogens is 566 g/mol. The average Bonchev–Trinajstić information content (AvgIpc) is 3.81. The van der Waals surface area contributed by atoms with Gasteiger partial charge in [-0.1, -0.05) is 41.4 Å². The van der Waals surface area contributed by atoms with Crippen LogP contribution in [0.25, 0.3) is 10.9 Å². The Morgan fingerprint density at radius 1 is 1.15 bits per heavy atom. The molecule has 3 N–H and O–H groups in total. The smallest absolute Gasteiger partial charge is 0.337 e. The van der Waals surface area contributed by atoms with Crippen molar-refractivity contribution in [3.05, 3.63) is 80.7 Å². The summed E-state index contributed by atoms with van der Waals surface area (Å²) in [5.41, 5.74) is 1.46. The molecule has 9 heteroatoms. The van der Waals surface area contributed by atoms with Crippen molar-refractivity contribution < 1.29 is 24.1 Å². The predicted molar refractivity (Wildman–Crippen MR) is 156 cm³/mol. The average molecular weight is 598 g/mol.